The zero-order valence-corrected chi connectivity index (χ0v) is 21.5. The van der Waals surface area contributed by atoms with Gasteiger partial charge < -0.3 is 30.1 Å². The predicted molar refractivity (Wildman–Crippen MR) is 141 cm³/mol. The van der Waals surface area contributed by atoms with Crippen LogP contribution in [0.25, 0.3) is 0 Å². The first kappa shape index (κ1) is 25.9. The van der Waals surface area contributed by atoms with E-state index in [4.69, 9.17) is 14.5 Å². The Kier molecular flexibility index (Phi) is 10.7. The minimum atomic E-state index is 0. The number of aliphatic imine (C=N–C) groups is 1. The van der Waals surface area contributed by atoms with Crippen LogP contribution in [0, 0.1) is 0 Å². The van der Waals surface area contributed by atoms with Gasteiger partial charge in [-0.1, -0.05) is 12.1 Å². The maximum absolute atomic E-state index is 9.75. The van der Waals surface area contributed by atoms with E-state index < -0.39 is 0 Å². The van der Waals surface area contributed by atoms with E-state index in [2.05, 4.69) is 34.6 Å². The molecule has 0 spiro atoms. The number of ether oxygens (including phenoxy) is 2. The molecule has 32 heavy (non-hydrogen) atoms. The summed E-state index contributed by atoms with van der Waals surface area (Å²) in [6.45, 7) is 5.50. The molecular formula is C24H35IN4O3. The highest BCUT2D eigenvalue weighted by molar-refractivity contribution is 14.0. The molecule has 3 N–H and O–H groups in total. The van der Waals surface area contributed by atoms with Crippen molar-refractivity contribution in [3.8, 4) is 17.2 Å². The number of piperidine rings is 1. The first-order valence-electron chi connectivity index (χ1n) is 10.9. The van der Waals surface area contributed by atoms with E-state index in [1.807, 2.05) is 24.3 Å². The number of nitrogens with one attached hydrogen (secondary N) is 2. The Morgan fingerprint density at radius 2 is 2.03 bits per heavy atom. The summed E-state index contributed by atoms with van der Waals surface area (Å²) in [6, 6.07) is 14.0. The number of phenols is 1. The highest BCUT2D eigenvalue weighted by Crippen LogP contribution is 2.26. The molecule has 0 saturated carbocycles. The van der Waals surface area contributed by atoms with Gasteiger partial charge in [0, 0.05) is 44.0 Å². The van der Waals surface area contributed by atoms with Gasteiger partial charge in [0.25, 0.3) is 0 Å². The molecule has 0 aliphatic carbocycles. The summed E-state index contributed by atoms with van der Waals surface area (Å²) in [5.41, 5.74) is 2.27. The van der Waals surface area contributed by atoms with Crippen molar-refractivity contribution in [1.29, 1.82) is 0 Å². The van der Waals surface area contributed by atoms with Crippen molar-refractivity contribution in [1.82, 2.24) is 10.6 Å². The summed E-state index contributed by atoms with van der Waals surface area (Å²) in [6.07, 6.45) is 3.01. The van der Waals surface area contributed by atoms with Crippen molar-refractivity contribution in [3.63, 3.8) is 0 Å². The van der Waals surface area contributed by atoms with Crippen LogP contribution in [-0.4, -0.2) is 57.5 Å². The van der Waals surface area contributed by atoms with E-state index >= 15 is 0 Å². The summed E-state index contributed by atoms with van der Waals surface area (Å²) in [5, 5.41) is 16.7. The topological polar surface area (TPSA) is 78.4 Å². The van der Waals surface area contributed by atoms with Gasteiger partial charge in [0.2, 0.25) is 0 Å². The number of rotatable bonds is 8. The van der Waals surface area contributed by atoms with Crippen LogP contribution in [0.1, 0.15) is 25.3 Å². The van der Waals surface area contributed by atoms with Gasteiger partial charge >= 0.3 is 0 Å². The first-order chi connectivity index (χ1) is 15.1. The van der Waals surface area contributed by atoms with Crippen molar-refractivity contribution in [2.45, 2.75) is 32.2 Å². The molecule has 8 heteroatoms. The smallest absolute Gasteiger partial charge is 0.191 e. The summed E-state index contributed by atoms with van der Waals surface area (Å²) >= 11 is 0. The van der Waals surface area contributed by atoms with Crippen LogP contribution in [-0.2, 0) is 6.42 Å². The molecule has 2 aromatic rings. The first-order valence-corrected chi connectivity index (χ1v) is 10.9. The largest absolute Gasteiger partial charge is 0.504 e. The van der Waals surface area contributed by atoms with Crippen LogP contribution in [0.15, 0.2) is 47.5 Å². The molecule has 1 aliphatic heterocycles. The third-order valence-corrected chi connectivity index (χ3v) is 5.44. The number of guanidine groups is 1. The molecule has 1 atom stereocenters. The predicted octanol–water partition coefficient (Wildman–Crippen LogP) is 3.79. The lowest BCUT2D eigenvalue weighted by atomic mass is 10.0. The van der Waals surface area contributed by atoms with Crippen molar-refractivity contribution in [2.24, 2.45) is 4.99 Å². The molecule has 176 valence electrons. The van der Waals surface area contributed by atoms with Crippen LogP contribution in [0.2, 0.25) is 0 Å². The van der Waals surface area contributed by atoms with Gasteiger partial charge in [-0.2, -0.15) is 0 Å². The second kappa shape index (κ2) is 13.2. The lowest BCUT2D eigenvalue weighted by Crippen LogP contribution is -2.51. The molecule has 1 saturated heterocycles. The van der Waals surface area contributed by atoms with Crippen molar-refractivity contribution in [3.05, 3.63) is 48.0 Å². The highest BCUT2D eigenvalue weighted by Gasteiger charge is 2.21. The number of halogens is 1. The summed E-state index contributed by atoms with van der Waals surface area (Å²) in [7, 11) is 3.26. The summed E-state index contributed by atoms with van der Waals surface area (Å²) < 4.78 is 10.6. The number of anilines is 1. The van der Waals surface area contributed by atoms with Crippen LogP contribution < -0.4 is 25.0 Å². The minimum Gasteiger partial charge on any atom is -0.504 e. The van der Waals surface area contributed by atoms with Crippen molar-refractivity contribution >= 4 is 35.6 Å². The number of benzene rings is 2. The van der Waals surface area contributed by atoms with Crippen molar-refractivity contribution < 1.29 is 14.6 Å². The average molecular weight is 554 g/mol. The van der Waals surface area contributed by atoms with E-state index in [1.54, 1.807) is 20.3 Å². The molecule has 1 fully saturated rings. The molecule has 7 nitrogen and oxygen atoms in total. The Hall–Kier alpha value is -2.36. The molecule has 0 amide bonds. The Morgan fingerprint density at radius 1 is 1.19 bits per heavy atom. The molecule has 0 bridgehead atoms. The third kappa shape index (κ3) is 7.36. The highest BCUT2D eigenvalue weighted by atomic mass is 127. The van der Waals surface area contributed by atoms with Gasteiger partial charge in [0.1, 0.15) is 5.75 Å². The second-order valence-corrected chi connectivity index (χ2v) is 7.65. The molecule has 0 aromatic heterocycles. The maximum atomic E-state index is 9.75. The molecule has 0 radical (unpaired) electrons. The lowest BCUT2D eigenvalue weighted by Gasteiger charge is -2.35. The zero-order chi connectivity index (χ0) is 22.1. The van der Waals surface area contributed by atoms with Gasteiger partial charge in [-0.3, -0.25) is 4.99 Å². The molecule has 2 aromatic carbocycles. The van der Waals surface area contributed by atoms with Gasteiger partial charge in [-0.25, -0.2) is 0 Å². The number of aromatic hydroxyl groups is 1. The van der Waals surface area contributed by atoms with Gasteiger partial charge in [0.15, 0.2) is 17.5 Å². The average Bonchev–Trinajstić information content (AvgIpc) is 2.80. The Balaban J connectivity index is 0.00000363. The Morgan fingerprint density at radius 3 is 2.78 bits per heavy atom. The molecule has 1 unspecified atom stereocenters. The standard InChI is InChI=1S/C24H34N4O3.HI/c1-4-25-24(26-13-12-18-10-11-22(29)23(15-18)31-3)27-19-7-6-14-28(17-19)20-8-5-9-21(16-20)30-2;/h5,8-11,15-16,19,29H,4,6-7,12-14,17H2,1-3H3,(H2,25,26,27);1H. The number of phenolic OH excluding ortho intramolecular Hbond substituents is 1. The zero-order valence-electron chi connectivity index (χ0n) is 19.1. The SMILES string of the molecule is CCNC(=NCCc1ccc(O)c(OC)c1)NC1CCCN(c2cccc(OC)c2)C1.I. The molecule has 1 aliphatic rings. The van der Waals surface area contributed by atoms with Crippen LogP contribution in [0.4, 0.5) is 5.69 Å². The number of methoxy groups -OCH3 is 2. The maximum Gasteiger partial charge on any atom is 0.191 e. The second-order valence-electron chi connectivity index (χ2n) is 7.65. The molecule has 1 heterocycles. The van der Waals surface area contributed by atoms with Gasteiger partial charge in [-0.15, -0.1) is 24.0 Å². The Bertz CT molecular complexity index is 878. The molecule has 3 rings (SSSR count). The minimum absolute atomic E-state index is 0. The fourth-order valence-electron chi connectivity index (χ4n) is 3.82. The summed E-state index contributed by atoms with van der Waals surface area (Å²) in [4.78, 5) is 7.16. The fraction of sp³-hybridized carbons (Fsp3) is 0.458. The van der Waals surface area contributed by atoms with Gasteiger partial charge in [-0.05, 0) is 56.0 Å². The number of hydrogen-bond acceptors (Lipinski definition) is 5. The third-order valence-electron chi connectivity index (χ3n) is 5.44. The van der Waals surface area contributed by atoms with E-state index in [9.17, 15) is 5.11 Å². The normalized spacial score (nSPS) is 16.2. The van der Waals surface area contributed by atoms with Crippen LogP contribution in [0.3, 0.4) is 0 Å². The van der Waals surface area contributed by atoms with Gasteiger partial charge in [0.05, 0.1) is 14.2 Å². The summed E-state index contributed by atoms with van der Waals surface area (Å²) in [5.74, 6) is 2.37. The van der Waals surface area contributed by atoms with Crippen LogP contribution >= 0.6 is 24.0 Å². The van der Waals surface area contributed by atoms with E-state index in [0.717, 1.165) is 56.2 Å². The quantitative estimate of drug-likeness (QED) is 0.262. The van der Waals surface area contributed by atoms with Crippen LogP contribution in [0.5, 0.6) is 17.2 Å². The number of nitrogens with zero attached hydrogens (tertiary/aromatic N) is 2. The monoisotopic (exact) mass is 554 g/mol. The van der Waals surface area contributed by atoms with E-state index in [1.165, 1.54) is 5.69 Å². The lowest BCUT2D eigenvalue weighted by molar-refractivity contribution is 0.373. The number of hydrogen-bond donors (Lipinski definition) is 3. The van der Waals surface area contributed by atoms with E-state index in [0.29, 0.717) is 18.3 Å². The van der Waals surface area contributed by atoms with Crippen molar-refractivity contribution in [2.75, 3.05) is 45.3 Å². The Labute approximate surface area is 208 Å². The molecular weight excluding hydrogens is 519 g/mol. The fourth-order valence-corrected chi connectivity index (χ4v) is 3.82. The van der Waals surface area contributed by atoms with E-state index in [-0.39, 0.29) is 29.7 Å².